The third-order valence-corrected chi connectivity index (χ3v) is 1.84. The molecule has 0 aliphatic heterocycles. The Labute approximate surface area is 81.5 Å². The Morgan fingerprint density at radius 3 is 2.54 bits per heavy atom. The maximum absolute atomic E-state index is 11.0. The second kappa shape index (κ2) is 9.24. The van der Waals surface area contributed by atoms with Crippen molar-refractivity contribution in [1.82, 2.24) is 0 Å². The predicted octanol–water partition coefficient (Wildman–Crippen LogP) is 3.66. The minimum absolute atomic E-state index is 0.0954. The zero-order valence-corrected chi connectivity index (χ0v) is 8.75. The molecule has 0 heterocycles. The molecule has 74 valence electrons. The molecule has 0 N–H and O–H groups in total. The first-order valence-electron chi connectivity index (χ1n) is 5.14. The largest absolute Gasteiger partial charge is 0.290 e. The zero-order valence-electron chi connectivity index (χ0n) is 8.75. The summed E-state index contributed by atoms with van der Waals surface area (Å²) >= 11 is 0. The van der Waals surface area contributed by atoms with Crippen molar-refractivity contribution < 1.29 is 4.79 Å². The SMILES string of the molecule is CC=CC(=O)C=CCCCCCC. The normalized spacial score (nSPS) is 11.5. The van der Waals surface area contributed by atoms with Gasteiger partial charge in [-0.2, -0.15) is 0 Å². The van der Waals surface area contributed by atoms with Crippen molar-refractivity contribution in [2.24, 2.45) is 0 Å². The summed E-state index contributed by atoms with van der Waals surface area (Å²) in [6.45, 7) is 4.05. The molecular formula is C12H20O. The van der Waals surface area contributed by atoms with Crippen molar-refractivity contribution >= 4 is 5.78 Å². The fourth-order valence-corrected chi connectivity index (χ4v) is 1.11. The monoisotopic (exact) mass is 180 g/mol. The highest BCUT2D eigenvalue weighted by Crippen LogP contribution is 2.02. The van der Waals surface area contributed by atoms with Gasteiger partial charge >= 0.3 is 0 Å². The molecular weight excluding hydrogens is 160 g/mol. The minimum Gasteiger partial charge on any atom is -0.290 e. The number of carbonyl (C=O) groups is 1. The molecule has 13 heavy (non-hydrogen) atoms. The Bertz CT molecular complexity index is 178. The van der Waals surface area contributed by atoms with Crippen molar-refractivity contribution in [2.45, 2.75) is 46.0 Å². The van der Waals surface area contributed by atoms with Crippen LogP contribution in [-0.2, 0) is 4.79 Å². The van der Waals surface area contributed by atoms with Gasteiger partial charge in [0.15, 0.2) is 5.78 Å². The lowest BCUT2D eigenvalue weighted by atomic mass is 10.1. The number of unbranched alkanes of at least 4 members (excludes halogenated alkanes) is 4. The fourth-order valence-electron chi connectivity index (χ4n) is 1.11. The van der Waals surface area contributed by atoms with Crippen LogP contribution in [0.5, 0.6) is 0 Å². The van der Waals surface area contributed by atoms with Gasteiger partial charge in [-0.3, -0.25) is 4.79 Å². The molecule has 0 unspecified atom stereocenters. The van der Waals surface area contributed by atoms with E-state index in [0.717, 1.165) is 6.42 Å². The lowest BCUT2D eigenvalue weighted by Crippen LogP contribution is -1.83. The summed E-state index contributed by atoms with van der Waals surface area (Å²) in [5, 5.41) is 0. The molecule has 0 aromatic heterocycles. The summed E-state index contributed by atoms with van der Waals surface area (Å²) in [6, 6.07) is 0. The topological polar surface area (TPSA) is 17.1 Å². The fraction of sp³-hybridized carbons (Fsp3) is 0.583. The molecule has 0 aromatic rings. The van der Waals surface area contributed by atoms with Crippen LogP contribution in [0.25, 0.3) is 0 Å². The second-order valence-electron chi connectivity index (χ2n) is 3.15. The number of rotatable bonds is 7. The third-order valence-electron chi connectivity index (χ3n) is 1.84. The molecule has 0 saturated heterocycles. The molecule has 0 spiro atoms. The van der Waals surface area contributed by atoms with Crippen LogP contribution in [0.2, 0.25) is 0 Å². The number of hydrogen-bond acceptors (Lipinski definition) is 1. The lowest BCUT2D eigenvalue weighted by molar-refractivity contribution is -0.110. The molecule has 0 amide bonds. The molecule has 0 fully saturated rings. The molecule has 0 aliphatic carbocycles. The Hall–Kier alpha value is -0.850. The second-order valence-corrected chi connectivity index (χ2v) is 3.15. The number of ketones is 1. The number of allylic oxidation sites excluding steroid dienone is 4. The Balaban J connectivity index is 3.35. The first-order valence-corrected chi connectivity index (χ1v) is 5.14. The molecule has 0 saturated carbocycles. The summed E-state index contributed by atoms with van der Waals surface area (Å²) in [6.07, 6.45) is 13.1. The van der Waals surface area contributed by atoms with E-state index in [1.165, 1.54) is 25.7 Å². The van der Waals surface area contributed by atoms with Crippen LogP contribution in [0, 0.1) is 0 Å². The smallest absolute Gasteiger partial charge is 0.177 e. The van der Waals surface area contributed by atoms with Gasteiger partial charge in [-0.05, 0) is 31.9 Å². The van der Waals surface area contributed by atoms with Crippen molar-refractivity contribution in [3.63, 3.8) is 0 Å². The average molecular weight is 180 g/mol. The number of carbonyl (C=O) groups excluding carboxylic acids is 1. The summed E-state index contributed by atoms with van der Waals surface area (Å²) in [5.74, 6) is 0.0954. The van der Waals surface area contributed by atoms with Crippen LogP contribution in [0.4, 0.5) is 0 Å². The molecule has 1 heteroatoms. The minimum atomic E-state index is 0.0954. The average Bonchev–Trinajstić information content (AvgIpc) is 2.11. The van der Waals surface area contributed by atoms with Gasteiger partial charge in [0.25, 0.3) is 0 Å². The van der Waals surface area contributed by atoms with E-state index in [2.05, 4.69) is 6.92 Å². The molecule has 0 aromatic carbocycles. The van der Waals surface area contributed by atoms with Gasteiger partial charge in [0.1, 0.15) is 0 Å². The Morgan fingerprint density at radius 2 is 1.92 bits per heavy atom. The molecule has 0 radical (unpaired) electrons. The lowest BCUT2D eigenvalue weighted by Gasteiger charge is -1.93. The van der Waals surface area contributed by atoms with Crippen LogP contribution in [-0.4, -0.2) is 5.78 Å². The number of hydrogen-bond donors (Lipinski definition) is 0. The molecule has 0 bridgehead atoms. The zero-order chi connectivity index (χ0) is 9.94. The van der Waals surface area contributed by atoms with E-state index in [1.807, 2.05) is 13.0 Å². The Kier molecular flexibility index (Phi) is 8.64. The van der Waals surface area contributed by atoms with Crippen LogP contribution in [0.15, 0.2) is 24.3 Å². The maximum atomic E-state index is 11.0. The van der Waals surface area contributed by atoms with E-state index >= 15 is 0 Å². The van der Waals surface area contributed by atoms with E-state index in [4.69, 9.17) is 0 Å². The highest BCUT2D eigenvalue weighted by Gasteiger charge is 1.87. The van der Waals surface area contributed by atoms with Gasteiger partial charge < -0.3 is 0 Å². The van der Waals surface area contributed by atoms with E-state index in [0.29, 0.717) is 0 Å². The first-order chi connectivity index (χ1) is 6.31. The van der Waals surface area contributed by atoms with E-state index in [1.54, 1.807) is 18.2 Å². The molecule has 0 aliphatic rings. The molecule has 1 nitrogen and oxygen atoms in total. The van der Waals surface area contributed by atoms with E-state index < -0.39 is 0 Å². The summed E-state index contributed by atoms with van der Waals surface area (Å²) in [4.78, 5) is 11.0. The van der Waals surface area contributed by atoms with Crippen molar-refractivity contribution in [3.05, 3.63) is 24.3 Å². The standard InChI is InChI=1S/C12H20O/c1-3-5-6-7-8-9-11-12(13)10-4-2/h4,9-11H,3,5-8H2,1-2H3. The van der Waals surface area contributed by atoms with Crippen molar-refractivity contribution in [2.75, 3.05) is 0 Å². The summed E-state index contributed by atoms with van der Waals surface area (Å²) in [7, 11) is 0. The summed E-state index contributed by atoms with van der Waals surface area (Å²) in [5.41, 5.74) is 0. The van der Waals surface area contributed by atoms with Crippen LogP contribution in [0.3, 0.4) is 0 Å². The van der Waals surface area contributed by atoms with Gasteiger partial charge in [-0.1, -0.05) is 38.3 Å². The quantitative estimate of drug-likeness (QED) is 0.431. The summed E-state index contributed by atoms with van der Waals surface area (Å²) < 4.78 is 0. The van der Waals surface area contributed by atoms with Gasteiger partial charge in [-0.25, -0.2) is 0 Å². The van der Waals surface area contributed by atoms with Gasteiger partial charge in [-0.15, -0.1) is 0 Å². The van der Waals surface area contributed by atoms with Crippen LogP contribution >= 0.6 is 0 Å². The van der Waals surface area contributed by atoms with Crippen LogP contribution in [0.1, 0.15) is 46.0 Å². The molecule has 0 rings (SSSR count). The van der Waals surface area contributed by atoms with Crippen molar-refractivity contribution in [1.29, 1.82) is 0 Å². The maximum Gasteiger partial charge on any atom is 0.177 e. The van der Waals surface area contributed by atoms with E-state index in [-0.39, 0.29) is 5.78 Å². The molecule has 0 atom stereocenters. The van der Waals surface area contributed by atoms with Gasteiger partial charge in [0.05, 0.1) is 0 Å². The van der Waals surface area contributed by atoms with Gasteiger partial charge in [0, 0.05) is 0 Å². The first kappa shape index (κ1) is 12.2. The third kappa shape index (κ3) is 9.06. The highest BCUT2D eigenvalue weighted by molar-refractivity contribution is 5.98. The highest BCUT2D eigenvalue weighted by atomic mass is 16.1. The van der Waals surface area contributed by atoms with E-state index in [9.17, 15) is 4.79 Å². The van der Waals surface area contributed by atoms with Crippen LogP contribution < -0.4 is 0 Å². The predicted molar refractivity (Wildman–Crippen MR) is 57.7 cm³/mol. The van der Waals surface area contributed by atoms with Crippen molar-refractivity contribution in [3.8, 4) is 0 Å². The van der Waals surface area contributed by atoms with Gasteiger partial charge in [0.2, 0.25) is 0 Å². The Morgan fingerprint density at radius 1 is 1.15 bits per heavy atom.